The van der Waals surface area contributed by atoms with Crippen LogP contribution < -0.4 is 11.1 Å². The van der Waals surface area contributed by atoms with Crippen molar-refractivity contribution < 1.29 is 4.79 Å². The van der Waals surface area contributed by atoms with E-state index in [1.165, 1.54) is 0 Å². The molecule has 0 spiro atoms. The van der Waals surface area contributed by atoms with Gasteiger partial charge in [0.25, 0.3) is 0 Å². The Hall–Kier alpha value is -1.43. The number of amides is 1. The molecule has 0 bridgehead atoms. The Labute approximate surface area is 127 Å². The lowest BCUT2D eigenvalue weighted by atomic mass is 10.0. The molecule has 1 fully saturated rings. The zero-order valence-electron chi connectivity index (χ0n) is 13.0. The second-order valence-corrected chi connectivity index (χ2v) is 5.90. The molecular formula is C16H26N4O. The van der Waals surface area contributed by atoms with Crippen LogP contribution in [0.5, 0.6) is 0 Å². The van der Waals surface area contributed by atoms with Gasteiger partial charge in [-0.25, -0.2) is 0 Å². The maximum atomic E-state index is 12.1. The first-order valence-electron chi connectivity index (χ1n) is 7.56. The number of rotatable bonds is 5. The van der Waals surface area contributed by atoms with Crippen LogP contribution in [0, 0.1) is 0 Å². The van der Waals surface area contributed by atoms with Crippen LogP contribution in [0.15, 0.2) is 24.3 Å². The molecule has 1 saturated heterocycles. The van der Waals surface area contributed by atoms with Gasteiger partial charge in [0.2, 0.25) is 5.91 Å². The van der Waals surface area contributed by atoms with E-state index in [1.54, 1.807) is 0 Å². The number of likely N-dealkylation sites (N-methyl/N-ethyl adjacent to an activating group) is 1. The number of benzene rings is 1. The Bertz CT molecular complexity index is 452. The van der Waals surface area contributed by atoms with Gasteiger partial charge < -0.3 is 16.0 Å². The third-order valence-electron chi connectivity index (χ3n) is 4.18. The molecule has 2 rings (SSSR count). The Balaban J connectivity index is 1.80. The lowest BCUT2D eigenvalue weighted by Crippen LogP contribution is -2.44. The summed E-state index contributed by atoms with van der Waals surface area (Å²) in [5, 5.41) is 2.94. The molecule has 5 heteroatoms. The van der Waals surface area contributed by atoms with Crippen LogP contribution >= 0.6 is 0 Å². The largest absolute Gasteiger partial charge is 0.326 e. The number of hydrogen-bond acceptors (Lipinski definition) is 4. The van der Waals surface area contributed by atoms with Crippen molar-refractivity contribution in [2.75, 3.05) is 39.0 Å². The van der Waals surface area contributed by atoms with Gasteiger partial charge >= 0.3 is 0 Å². The third kappa shape index (κ3) is 4.81. The number of hydrogen-bond donors (Lipinski definition) is 2. The number of piperidine rings is 1. The summed E-state index contributed by atoms with van der Waals surface area (Å²) >= 11 is 0. The Morgan fingerprint density at radius 1 is 1.33 bits per heavy atom. The summed E-state index contributed by atoms with van der Waals surface area (Å²) in [4.78, 5) is 16.6. The first-order valence-corrected chi connectivity index (χ1v) is 7.56. The average molecular weight is 290 g/mol. The number of nitrogens with one attached hydrogen (secondary N) is 1. The minimum Gasteiger partial charge on any atom is -0.326 e. The zero-order valence-corrected chi connectivity index (χ0v) is 13.0. The number of likely N-dealkylation sites (tertiary alicyclic amines) is 1. The first-order chi connectivity index (χ1) is 10.1. The van der Waals surface area contributed by atoms with Crippen LogP contribution in [0.2, 0.25) is 0 Å². The molecule has 0 unspecified atom stereocenters. The van der Waals surface area contributed by atoms with Gasteiger partial charge in [0, 0.05) is 18.3 Å². The van der Waals surface area contributed by atoms with Crippen LogP contribution in [0.25, 0.3) is 0 Å². The SMILES string of the molecule is CN1CCC(N(C)CC(=O)Nc2ccc(CN)cc2)CC1. The average Bonchev–Trinajstić information content (AvgIpc) is 2.48. The minimum absolute atomic E-state index is 0.0388. The summed E-state index contributed by atoms with van der Waals surface area (Å²) in [5.41, 5.74) is 7.46. The molecule has 1 aromatic carbocycles. The molecule has 1 aliphatic heterocycles. The first kappa shape index (κ1) is 15.9. The molecular weight excluding hydrogens is 264 g/mol. The van der Waals surface area contributed by atoms with Gasteiger partial charge in [0.1, 0.15) is 0 Å². The molecule has 3 N–H and O–H groups in total. The highest BCUT2D eigenvalue weighted by Crippen LogP contribution is 2.14. The van der Waals surface area contributed by atoms with Crippen molar-refractivity contribution in [2.24, 2.45) is 5.73 Å². The number of anilines is 1. The molecule has 1 heterocycles. The summed E-state index contributed by atoms with van der Waals surface area (Å²) in [6.07, 6.45) is 2.26. The molecule has 1 amide bonds. The van der Waals surface area contributed by atoms with E-state index in [-0.39, 0.29) is 5.91 Å². The highest BCUT2D eigenvalue weighted by atomic mass is 16.2. The molecule has 0 radical (unpaired) electrons. The summed E-state index contributed by atoms with van der Waals surface area (Å²) in [5.74, 6) is 0.0388. The maximum Gasteiger partial charge on any atom is 0.238 e. The van der Waals surface area contributed by atoms with Gasteiger partial charge in [0.15, 0.2) is 0 Å². The minimum atomic E-state index is 0.0388. The molecule has 5 nitrogen and oxygen atoms in total. The summed E-state index contributed by atoms with van der Waals surface area (Å²) < 4.78 is 0. The molecule has 0 aromatic heterocycles. The van der Waals surface area contributed by atoms with Crippen molar-refractivity contribution in [1.29, 1.82) is 0 Å². The summed E-state index contributed by atoms with van der Waals surface area (Å²) in [7, 11) is 4.18. The molecule has 0 aliphatic carbocycles. The van der Waals surface area contributed by atoms with E-state index < -0.39 is 0 Å². The fourth-order valence-electron chi connectivity index (χ4n) is 2.72. The molecule has 21 heavy (non-hydrogen) atoms. The van der Waals surface area contributed by atoms with Crippen LogP contribution in [-0.2, 0) is 11.3 Å². The maximum absolute atomic E-state index is 12.1. The molecule has 0 saturated carbocycles. The Morgan fingerprint density at radius 3 is 2.52 bits per heavy atom. The number of nitrogens with zero attached hydrogens (tertiary/aromatic N) is 2. The van der Waals surface area contributed by atoms with Gasteiger partial charge in [-0.05, 0) is 57.7 Å². The number of nitrogens with two attached hydrogens (primary N) is 1. The van der Waals surface area contributed by atoms with E-state index in [9.17, 15) is 4.79 Å². The van der Waals surface area contributed by atoms with Gasteiger partial charge in [-0.1, -0.05) is 12.1 Å². The second kappa shape index (κ2) is 7.54. The predicted molar refractivity (Wildman–Crippen MR) is 86.1 cm³/mol. The normalized spacial score (nSPS) is 17.1. The van der Waals surface area contributed by atoms with E-state index in [0.29, 0.717) is 19.1 Å². The van der Waals surface area contributed by atoms with Crippen molar-refractivity contribution in [3.05, 3.63) is 29.8 Å². The monoisotopic (exact) mass is 290 g/mol. The quantitative estimate of drug-likeness (QED) is 0.853. The fraction of sp³-hybridized carbons (Fsp3) is 0.562. The van der Waals surface area contributed by atoms with E-state index in [0.717, 1.165) is 37.2 Å². The van der Waals surface area contributed by atoms with Crippen molar-refractivity contribution >= 4 is 11.6 Å². The highest BCUT2D eigenvalue weighted by Gasteiger charge is 2.21. The molecule has 1 aromatic rings. The van der Waals surface area contributed by atoms with Crippen LogP contribution in [-0.4, -0.2) is 55.5 Å². The molecule has 116 valence electrons. The van der Waals surface area contributed by atoms with Gasteiger partial charge in [-0.2, -0.15) is 0 Å². The zero-order chi connectivity index (χ0) is 15.2. The number of carbonyl (C=O) groups is 1. The highest BCUT2D eigenvalue weighted by molar-refractivity contribution is 5.92. The standard InChI is InChI=1S/C16H26N4O/c1-19-9-7-15(8-10-19)20(2)12-16(21)18-14-5-3-13(11-17)4-6-14/h3-6,15H,7-12,17H2,1-2H3,(H,18,21). The van der Waals surface area contributed by atoms with E-state index in [1.807, 2.05) is 31.3 Å². The lowest BCUT2D eigenvalue weighted by molar-refractivity contribution is -0.117. The van der Waals surface area contributed by atoms with Crippen LogP contribution in [0.4, 0.5) is 5.69 Å². The van der Waals surface area contributed by atoms with Crippen LogP contribution in [0.3, 0.4) is 0 Å². The van der Waals surface area contributed by atoms with E-state index in [2.05, 4.69) is 22.2 Å². The molecule has 0 atom stereocenters. The van der Waals surface area contributed by atoms with Crippen LogP contribution in [0.1, 0.15) is 18.4 Å². The topological polar surface area (TPSA) is 61.6 Å². The Morgan fingerprint density at radius 2 is 1.95 bits per heavy atom. The van der Waals surface area contributed by atoms with Gasteiger partial charge in [-0.15, -0.1) is 0 Å². The molecule has 1 aliphatic rings. The fourth-order valence-corrected chi connectivity index (χ4v) is 2.72. The predicted octanol–water partition coefficient (Wildman–Crippen LogP) is 1.11. The van der Waals surface area contributed by atoms with Crippen molar-refractivity contribution in [1.82, 2.24) is 9.80 Å². The third-order valence-corrected chi connectivity index (χ3v) is 4.18. The van der Waals surface area contributed by atoms with E-state index >= 15 is 0 Å². The smallest absolute Gasteiger partial charge is 0.238 e. The van der Waals surface area contributed by atoms with E-state index in [4.69, 9.17) is 5.73 Å². The lowest BCUT2D eigenvalue weighted by Gasteiger charge is -2.34. The number of carbonyl (C=O) groups excluding carboxylic acids is 1. The second-order valence-electron chi connectivity index (χ2n) is 5.90. The van der Waals surface area contributed by atoms with Crippen molar-refractivity contribution in [3.63, 3.8) is 0 Å². The summed E-state index contributed by atoms with van der Waals surface area (Å²) in [6.45, 7) is 3.18. The Kier molecular flexibility index (Phi) is 5.73. The van der Waals surface area contributed by atoms with Gasteiger partial charge in [-0.3, -0.25) is 9.69 Å². The van der Waals surface area contributed by atoms with Gasteiger partial charge in [0.05, 0.1) is 6.54 Å². The summed E-state index contributed by atoms with van der Waals surface area (Å²) in [6, 6.07) is 8.18. The van der Waals surface area contributed by atoms with Crippen molar-refractivity contribution in [3.8, 4) is 0 Å². The van der Waals surface area contributed by atoms with Crippen molar-refractivity contribution in [2.45, 2.75) is 25.4 Å².